The molecule has 3 nitrogen and oxygen atoms in total. The van der Waals surface area contributed by atoms with E-state index in [0.29, 0.717) is 6.61 Å². The van der Waals surface area contributed by atoms with E-state index >= 15 is 0 Å². The molecule has 2 saturated heterocycles. The molecule has 0 unspecified atom stereocenters. The van der Waals surface area contributed by atoms with Crippen LogP contribution in [0.1, 0.15) is 27.2 Å². The molecule has 0 bridgehead atoms. The second-order valence-corrected chi connectivity index (χ2v) is 4.39. The average Bonchev–Trinajstić information content (AvgIpc) is 2.53. The highest BCUT2D eigenvalue weighted by Gasteiger charge is 2.45. The highest BCUT2D eigenvalue weighted by Crippen LogP contribution is 2.35. The van der Waals surface area contributed by atoms with E-state index in [1.807, 2.05) is 13.8 Å². The van der Waals surface area contributed by atoms with Crippen molar-refractivity contribution in [3.63, 3.8) is 0 Å². The van der Waals surface area contributed by atoms with E-state index in [-0.39, 0.29) is 11.7 Å². The van der Waals surface area contributed by atoms with Gasteiger partial charge in [-0.15, -0.1) is 0 Å². The van der Waals surface area contributed by atoms with Crippen LogP contribution in [0.2, 0.25) is 0 Å². The zero-order valence-electron chi connectivity index (χ0n) is 7.92. The molecule has 70 valence electrons. The van der Waals surface area contributed by atoms with Crippen molar-refractivity contribution in [2.24, 2.45) is 0 Å². The Labute approximate surface area is 73.0 Å². The maximum absolute atomic E-state index is 5.66. The van der Waals surface area contributed by atoms with Gasteiger partial charge in [0.05, 0.1) is 24.9 Å². The Morgan fingerprint density at radius 1 is 1.25 bits per heavy atom. The van der Waals surface area contributed by atoms with E-state index in [2.05, 4.69) is 6.92 Å². The summed E-state index contributed by atoms with van der Waals surface area (Å²) in [6.07, 6.45) is 1.17. The van der Waals surface area contributed by atoms with Gasteiger partial charge in [-0.1, -0.05) is 0 Å². The summed E-state index contributed by atoms with van der Waals surface area (Å²) in [5.41, 5.74) is 0.0778. The Bertz CT molecular complexity index is 184. The van der Waals surface area contributed by atoms with Crippen molar-refractivity contribution in [1.29, 1.82) is 0 Å². The van der Waals surface area contributed by atoms with Gasteiger partial charge in [0.1, 0.15) is 0 Å². The van der Waals surface area contributed by atoms with Crippen molar-refractivity contribution in [2.75, 3.05) is 13.2 Å². The monoisotopic (exact) mass is 172 g/mol. The molecule has 2 fully saturated rings. The van der Waals surface area contributed by atoms with E-state index in [1.54, 1.807) is 0 Å². The summed E-state index contributed by atoms with van der Waals surface area (Å²) in [4.78, 5) is 0. The van der Waals surface area contributed by atoms with Crippen LogP contribution in [0.25, 0.3) is 0 Å². The van der Waals surface area contributed by atoms with Gasteiger partial charge >= 0.3 is 0 Å². The number of hydrogen-bond acceptors (Lipinski definition) is 3. The molecule has 2 heterocycles. The molecular weight excluding hydrogens is 156 g/mol. The van der Waals surface area contributed by atoms with Crippen LogP contribution in [-0.2, 0) is 14.2 Å². The SMILES string of the molecule is CC1(C)OC[C@@H](C[C@@]2(C)CO2)O1. The van der Waals surface area contributed by atoms with Gasteiger partial charge in [-0.25, -0.2) is 0 Å². The van der Waals surface area contributed by atoms with Crippen LogP contribution in [0, 0.1) is 0 Å². The highest BCUT2D eigenvalue weighted by atomic mass is 16.7. The second kappa shape index (κ2) is 2.44. The van der Waals surface area contributed by atoms with Crippen molar-refractivity contribution in [1.82, 2.24) is 0 Å². The topological polar surface area (TPSA) is 31.0 Å². The lowest BCUT2D eigenvalue weighted by molar-refractivity contribution is -0.140. The van der Waals surface area contributed by atoms with Crippen LogP contribution in [0.4, 0.5) is 0 Å². The van der Waals surface area contributed by atoms with Crippen LogP contribution < -0.4 is 0 Å². The molecule has 0 amide bonds. The molecule has 0 aromatic carbocycles. The summed E-state index contributed by atoms with van der Waals surface area (Å²) in [6, 6.07) is 0. The second-order valence-electron chi connectivity index (χ2n) is 4.39. The van der Waals surface area contributed by atoms with Crippen molar-refractivity contribution in [3.8, 4) is 0 Å². The Morgan fingerprint density at radius 3 is 2.33 bits per heavy atom. The third-order valence-electron chi connectivity index (χ3n) is 2.36. The number of rotatable bonds is 2. The first-order valence-electron chi connectivity index (χ1n) is 4.45. The van der Waals surface area contributed by atoms with E-state index < -0.39 is 5.79 Å². The van der Waals surface area contributed by atoms with Crippen LogP contribution in [0.15, 0.2) is 0 Å². The fourth-order valence-corrected chi connectivity index (χ4v) is 1.59. The molecule has 3 heteroatoms. The standard InChI is InChI=1S/C9H16O3/c1-8(2)10-5-7(12-8)4-9(3)6-11-9/h7H,4-6H2,1-3H3/t7-,9+/m1/s1. The van der Waals surface area contributed by atoms with Gasteiger partial charge in [-0.05, 0) is 20.8 Å². The third-order valence-corrected chi connectivity index (χ3v) is 2.36. The molecule has 2 rings (SSSR count). The number of ether oxygens (including phenoxy) is 3. The van der Waals surface area contributed by atoms with Gasteiger partial charge in [0, 0.05) is 6.42 Å². The minimum absolute atomic E-state index is 0.0778. The minimum Gasteiger partial charge on any atom is -0.370 e. The Hall–Kier alpha value is -0.120. The number of hydrogen-bond donors (Lipinski definition) is 0. The van der Waals surface area contributed by atoms with E-state index in [9.17, 15) is 0 Å². The molecular formula is C9H16O3. The molecule has 0 saturated carbocycles. The summed E-state index contributed by atoms with van der Waals surface area (Å²) in [5, 5.41) is 0. The van der Waals surface area contributed by atoms with Gasteiger partial charge in [-0.2, -0.15) is 0 Å². The van der Waals surface area contributed by atoms with Crippen LogP contribution in [-0.4, -0.2) is 30.7 Å². The molecule has 0 radical (unpaired) electrons. The van der Waals surface area contributed by atoms with Crippen molar-refractivity contribution < 1.29 is 14.2 Å². The number of epoxide rings is 1. The minimum atomic E-state index is -0.393. The van der Waals surface area contributed by atoms with E-state index in [0.717, 1.165) is 13.0 Å². The van der Waals surface area contributed by atoms with E-state index in [4.69, 9.17) is 14.2 Å². The first kappa shape index (κ1) is 8.48. The smallest absolute Gasteiger partial charge is 0.163 e. The molecule has 0 aliphatic carbocycles. The normalized spacial score (nSPS) is 44.8. The molecule has 2 aliphatic rings. The maximum atomic E-state index is 5.66. The fourth-order valence-electron chi connectivity index (χ4n) is 1.59. The van der Waals surface area contributed by atoms with Gasteiger partial charge in [0.2, 0.25) is 0 Å². The largest absolute Gasteiger partial charge is 0.370 e. The van der Waals surface area contributed by atoms with Gasteiger partial charge in [0.15, 0.2) is 5.79 Å². The maximum Gasteiger partial charge on any atom is 0.163 e. The zero-order valence-corrected chi connectivity index (χ0v) is 7.92. The van der Waals surface area contributed by atoms with Crippen LogP contribution >= 0.6 is 0 Å². The Kier molecular flexibility index (Phi) is 1.72. The first-order chi connectivity index (χ1) is 5.49. The summed E-state index contributed by atoms with van der Waals surface area (Å²) < 4.78 is 16.4. The van der Waals surface area contributed by atoms with Gasteiger partial charge in [-0.3, -0.25) is 0 Å². The first-order valence-corrected chi connectivity index (χ1v) is 4.45. The Morgan fingerprint density at radius 2 is 1.92 bits per heavy atom. The summed E-state index contributed by atoms with van der Waals surface area (Å²) in [7, 11) is 0. The Balaban J connectivity index is 1.84. The predicted molar refractivity (Wildman–Crippen MR) is 43.9 cm³/mol. The summed E-state index contributed by atoms with van der Waals surface area (Å²) in [5.74, 6) is -0.393. The fraction of sp³-hybridized carbons (Fsp3) is 1.00. The quantitative estimate of drug-likeness (QED) is 0.588. The van der Waals surface area contributed by atoms with Crippen molar-refractivity contribution in [3.05, 3.63) is 0 Å². The molecule has 0 aromatic rings. The van der Waals surface area contributed by atoms with Crippen LogP contribution in [0.5, 0.6) is 0 Å². The van der Waals surface area contributed by atoms with Crippen LogP contribution in [0.3, 0.4) is 0 Å². The average molecular weight is 172 g/mol. The third kappa shape index (κ3) is 1.79. The highest BCUT2D eigenvalue weighted by molar-refractivity contribution is 4.91. The van der Waals surface area contributed by atoms with Crippen molar-refractivity contribution in [2.45, 2.75) is 44.7 Å². The zero-order chi connectivity index (χ0) is 8.82. The lowest BCUT2D eigenvalue weighted by Gasteiger charge is -2.17. The molecule has 2 atom stereocenters. The van der Waals surface area contributed by atoms with Crippen molar-refractivity contribution >= 4 is 0 Å². The predicted octanol–water partition coefficient (Wildman–Crippen LogP) is 1.32. The molecule has 0 aromatic heterocycles. The lowest BCUT2D eigenvalue weighted by atomic mass is 10.1. The molecule has 0 N–H and O–H groups in total. The molecule has 12 heavy (non-hydrogen) atoms. The van der Waals surface area contributed by atoms with E-state index in [1.165, 1.54) is 0 Å². The van der Waals surface area contributed by atoms with Gasteiger partial charge in [0.25, 0.3) is 0 Å². The lowest BCUT2D eigenvalue weighted by Crippen LogP contribution is -2.24. The summed E-state index contributed by atoms with van der Waals surface area (Å²) in [6.45, 7) is 7.58. The molecule has 0 spiro atoms. The van der Waals surface area contributed by atoms with Gasteiger partial charge < -0.3 is 14.2 Å². The summed E-state index contributed by atoms with van der Waals surface area (Å²) >= 11 is 0. The molecule has 2 aliphatic heterocycles.